The minimum atomic E-state index is -0.953. The number of azo groups is 1. The first-order chi connectivity index (χ1) is 31.1. The number of nitrogens with zero attached hydrogens (tertiary/aromatic N) is 2. The van der Waals surface area contributed by atoms with E-state index in [1.165, 1.54) is 231 Å². The second-order valence-corrected chi connectivity index (χ2v) is 18.4. The van der Waals surface area contributed by atoms with Crippen molar-refractivity contribution < 1.29 is 28.5 Å². The van der Waals surface area contributed by atoms with Crippen molar-refractivity contribution in [2.75, 3.05) is 19.8 Å². The molecule has 8 heteroatoms. The van der Waals surface area contributed by atoms with Crippen LogP contribution in [0, 0.1) is 0 Å². The monoisotopic (exact) mass is 885 g/mol. The van der Waals surface area contributed by atoms with Crippen LogP contribution < -0.4 is 9.47 Å². The summed E-state index contributed by atoms with van der Waals surface area (Å²) in [5.41, 5.74) is 0.731. The molecule has 0 bridgehead atoms. The fourth-order valence-electron chi connectivity index (χ4n) is 8.38. The average Bonchev–Trinajstić information content (AvgIpc) is 3.28. The number of rotatable bonds is 47. The zero-order valence-corrected chi connectivity index (χ0v) is 41.7. The Morgan fingerprint density at radius 3 is 0.873 bits per heavy atom. The third-order valence-electron chi connectivity index (χ3n) is 12.3. The van der Waals surface area contributed by atoms with E-state index in [0.29, 0.717) is 24.7 Å². The van der Waals surface area contributed by atoms with Crippen LogP contribution in [0.25, 0.3) is 0 Å². The third-order valence-corrected chi connectivity index (χ3v) is 12.3. The smallest absolute Gasteiger partial charge is 0.452 e. The first-order valence-electron chi connectivity index (χ1n) is 27.2. The number of ether oxygens (including phenoxy) is 4. The van der Waals surface area contributed by atoms with Gasteiger partial charge in [0.1, 0.15) is 18.1 Å². The predicted octanol–water partition coefficient (Wildman–Crippen LogP) is 19.3. The standard InChI is InChI=1S/C55H100N2O6/c1-4-7-9-11-13-15-17-19-21-23-25-27-29-31-33-35-37-39-41-43-45-61-52-47-51(50-63-55(59)57-56-54(58)60-6-3)48-53(49-52)62-46-44-42-40-38-36-34-32-30-28-26-24-22-20-18-16-14-12-10-8-5-2/h47-49H,4-46,50H2,1-3H3/b57-56+. The summed E-state index contributed by atoms with van der Waals surface area (Å²) in [5, 5.41) is 6.53. The number of amides is 2. The second-order valence-electron chi connectivity index (χ2n) is 18.4. The van der Waals surface area contributed by atoms with Crippen LogP contribution in [0.5, 0.6) is 11.5 Å². The first kappa shape index (κ1) is 58.4. The number of carbonyl (C=O) groups excluding carboxylic acids is 2. The van der Waals surface area contributed by atoms with Crippen LogP contribution in [0.15, 0.2) is 28.4 Å². The molecule has 0 radical (unpaired) electrons. The second kappa shape index (κ2) is 47.3. The molecule has 0 heterocycles. The van der Waals surface area contributed by atoms with Gasteiger partial charge in [-0.1, -0.05) is 268 Å². The molecule has 0 aliphatic rings. The van der Waals surface area contributed by atoms with Gasteiger partial charge in [0.15, 0.2) is 0 Å². The van der Waals surface area contributed by atoms with Crippen molar-refractivity contribution in [2.45, 2.75) is 284 Å². The summed E-state index contributed by atoms with van der Waals surface area (Å²) >= 11 is 0. The van der Waals surface area contributed by atoms with E-state index in [0.717, 1.165) is 31.2 Å². The summed E-state index contributed by atoms with van der Waals surface area (Å²) in [7, 11) is 0. The van der Waals surface area contributed by atoms with Gasteiger partial charge in [-0.2, -0.15) is 0 Å². The van der Waals surface area contributed by atoms with Crippen LogP contribution in [0.4, 0.5) is 9.59 Å². The van der Waals surface area contributed by atoms with Crippen molar-refractivity contribution in [3.63, 3.8) is 0 Å². The quantitative estimate of drug-likeness (QED) is 0.0478. The van der Waals surface area contributed by atoms with Crippen LogP contribution in [-0.2, 0) is 16.1 Å². The molecule has 0 atom stereocenters. The zero-order valence-electron chi connectivity index (χ0n) is 41.7. The van der Waals surface area contributed by atoms with Crippen molar-refractivity contribution in [1.29, 1.82) is 0 Å². The average molecular weight is 885 g/mol. The largest absolute Gasteiger partial charge is 0.493 e. The van der Waals surface area contributed by atoms with Crippen molar-refractivity contribution in [3.8, 4) is 11.5 Å². The maximum Gasteiger partial charge on any atom is 0.452 e. The Morgan fingerprint density at radius 2 is 0.603 bits per heavy atom. The molecule has 0 fully saturated rings. The molecule has 2 amide bonds. The fourth-order valence-corrected chi connectivity index (χ4v) is 8.38. The Bertz CT molecular complexity index is 1110. The van der Waals surface area contributed by atoms with Gasteiger partial charge in [-0.3, -0.25) is 0 Å². The summed E-state index contributed by atoms with van der Waals surface area (Å²) in [6.45, 7) is 7.63. The summed E-state index contributed by atoms with van der Waals surface area (Å²) < 4.78 is 22.3. The number of unbranched alkanes of at least 4 members (excludes halogenated alkanes) is 38. The van der Waals surface area contributed by atoms with Gasteiger partial charge in [-0.25, -0.2) is 9.59 Å². The van der Waals surface area contributed by atoms with Gasteiger partial charge in [-0.05, 0) is 37.5 Å². The molecule has 1 aromatic carbocycles. The van der Waals surface area contributed by atoms with Crippen LogP contribution in [-0.4, -0.2) is 32.0 Å². The van der Waals surface area contributed by atoms with E-state index in [2.05, 4.69) is 28.8 Å². The molecule has 366 valence electrons. The van der Waals surface area contributed by atoms with Crippen LogP contribution in [0.3, 0.4) is 0 Å². The first-order valence-corrected chi connectivity index (χ1v) is 27.2. The zero-order chi connectivity index (χ0) is 45.4. The molecular weight excluding hydrogens is 785 g/mol. The minimum absolute atomic E-state index is 0.0349. The van der Waals surface area contributed by atoms with Crippen LogP contribution >= 0.6 is 0 Å². The Kier molecular flexibility index (Phi) is 43.9. The third kappa shape index (κ3) is 41.8. The van der Waals surface area contributed by atoms with Crippen molar-refractivity contribution in [2.24, 2.45) is 10.2 Å². The molecule has 0 aliphatic heterocycles. The maximum absolute atomic E-state index is 12.1. The van der Waals surface area contributed by atoms with Gasteiger partial charge in [0.05, 0.1) is 19.8 Å². The lowest BCUT2D eigenvalue weighted by Gasteiger charge is -2.13. The summed E-state index contributed by atoms with van der Waals surface area (Å²) in [6.07, 6.45) is 52.6. The van der Waals surface area contributed by atoms with Gasteiger partial charge in [-0.15, -0.1) is 0 Å². The van der Waals surface area contributed by atoms with E-state index >= 15 is 0 Å². The SMILES string of the molecule is CCCCCCCCCCCCCCCCCCCCCCOc1cc(COC(=O)/N=N/C(=O)OCC)cc(OCCCCCCCCCCCCCCCCCCCCCC)c1. The Labute approximate surface area is 389 Å². The Hall–Kier alpha value is -2.64. The van der Waals surface area contributed by atoms with Crippen molar-refractivity contribution in [1.82, 2.24) is 0 Å². The lowest BCUT2D eigenvalue weighted by Crippen LogP contribution is -2.04. The lowest BCUT2D eigenvalue weighted by molar-refractivity contribution is 0.143. The molecule has 0 saturated carbocycles. The molecule has 8 nitrogen and oxygen atoms in total. The van der Waals surface area contributed by atoms with Crippen molar-refractivity contribution in [3.05, 3.63) is 23.8 Å². The van der Waals surface area contributed by atoms with E-state index in [9.17, 15) is 9.59 Å². The molecule has 0 saturated heterocycles. The minimum Gasteiger partial charge on any atom is -0.493 e. The molecule has 1 aromatic rings. The highest BCUT2D eigenvalue weighted by Crippen LogP contribution is 2.25. The molecule has 0 aromatic heterocycles. The van der Waals surface area contributed by atoms with E-state index in [4.69, 9.17) is 14.2 Å². The van der Waals surface area contributed by atoms with Gasteiger partial charge in [0, 0.05) is 6.07 Å². The molecule has 0 unspecified atom stereocenters. The molecule has 63 heavy (non-hydrogen) atoms. The van der Waals surface area contributed by atoms with E-state index in [1.54, 1.807) is 6.92 Å². The van der Waals surface area contributed by atoms with Crippen LogP contribution in [0.2, 0.25) is 0 Å². The molecule has 0 aliphatic carbocycles. The number of benzene rings is 1. The Morgan fingerprint density at radius 1 is 0.349 bits per heavy atom. The van der Waals surface area contributed by atoms with Gasteiger partial charge in [0.2, 0.25) is 0 Å². The summed E-state index contributed by atoms with van der Waals surface area (Å²) in [5.74, 6) is 1.40. The van der Waals surface area contributed by atoms with Gasteiger partial charge in [0.25, 0.3) is 0 Å². The Balaban J connectivity index is 2.21. The topological polar surface area (TPSA) is 95.8 Å². The summed E-state index contributed by atoms with van der Waals surface area (Å²) in [6, 6.07) is 5.67. The molecule has 0 spiro atoms. The van der Waals surface area contributed by atoms with Crippen molar-refractivity contribution >= 4 is 12.2 Å². The predicted molar refractivity (Wildman–Crippen MR) is 266 cm³/mol. The van der Waals surface area contributed by atoms with E-state index in [-0.39, 0.29) is 13.2 Å². The highest BCUT2D eigenvalue weighted by molar-refractivity contribution is 5.73. The highest BCUT2D eigenvalue weighted by atomic mass is 16.6. The normalized spacial score (nSPS) is 11.4. The van der Waals surface area contributed by atoms with Gasteiger partial charge >= 0.3 is 12.2 Å². The van der Waals surface area contributed by atoms with E-state index in [1.807, 2.05) is 18.2 Å². The maximum atomic E-state index is 12.1. The van der Waals surface area contributed by atoms with E-state index < -0.39 is 12.2 Å². The van der Waals surface area contributed by atoms with Crippen LogP contribution in [0.1, 0.15) is 283 Å². The number of carbonyl (C=O) groups is 2. The highest BCUT2D eigenvalue weighted by Gasteiger charge is 2.09. The molecule has 0 N–H and O–H groups in total. The number of hydrogen-bond donors (Lipinski definition) is 0. The molecular formula is C55H100N2O6. The lowest BCUT2D eigenvalue weighted by atomic mass is 10.0. The molecule has 1 rings (SSSR count). The number of hydrogen-bond acceptors (Lipinski definition) is 6. The fraction of sp³-hybridized carbons (Fsp3) is 0.855. The van der Waals surface area contributed by atoms with Gasteiger partial charge < -0.3 is 18.9 Å². The summed E-state index contributed by atoms with van der Waals surface area (Å²) in [4.78, 5) is 23.5.